The van der Waals surface area contributed by atoms with Crippen molar-refractivity contribution < 1.29 is 4.74 Å². The molecule has 0 fully saturated rings. The molecule has 2 heterocycles. The summed E-state index contributed by atoms with van der Waals surface area (Å²) in [6.07, 6.45) is 3.02. The lowest BCUT2D eigenvalue weighted by molar-refractivity contribution is 0.461. The predicted molar refractivity (Wildman–Crippen MR) is 76.7 cm³/mol. The van der Waals surface area contributed by atoms with Crippen LogP contribution in [0.3, 0.4) is 0 Å². The van der Waals surface area contributed by atoms with Crippen LogP contribution in [0.1, 0.15) is 0 Å². The number of pyridine rings is 1. The van der Waals surface area contributed by atoms with Crippen LogP contribution in [0.25, 0.3) is 10.9 Å². The summed E-state index contributed by atoms with van der Waals surface area (Å²) in [4.78, 5) is 12.2. The molecule has 3 N–H and O–H groups in total. The highest BCUT2D eigenvalue weighted by Crippen LogP contribution is 2.28. The quantitative estimate of drug-likeness (QED) is 0.569. The van der Waals surface area contributed by atoms with Gasteiger partial charge in [-0.05, 0) is 12.1 Å². The number of hydrogen-bond acceptors (Lipinski definition) is 6. The van der Waals surface area contributed by atoms with Gasteiger partial charge < -0.3 is 4.74 Å². The van der Waals surface area contributed by atoms with Gasteiger partial charge in [0.2, 0.25) is 11.8 Å². The van der Waals surface area contributed by atoms with Crippen LogP contribution in [0.5, 0.6) is 11.6 Å². The van der Waals surface area contributed by atoms with Crippen LogP contribution in [0.2, 0.25) is 5.02 Å². The number of nitrogen functional groups attached to an aromatic ring is 1. The Morgan fingerprint density at radius 1 is 1.15 bits per heavy atom. The van der Waals surface area contributed by atoms with Crippen LogP contribution in [-0.4, -0.2) is 15.0 Å². The molecule has 0 radical (unpaired) electrons. The summed E-state index contributed by atoms with van der Waals surface area (Å²) >= 11 is 5.98. The van der Waals surface area contributed by atoms with E-state index in [0.29, 0.717) is 5.75 Å². The van der Waals surface area contributed by atoms with Crippen LogP contribution in [0, 0.1) is 0 Å². The van der Waals surface area contributed by atoms with Crippen molar-refractivity contribution in [3.63, 3.8) is 0 Å². The molecular weight excluding hydrogens is 278 g/mol. The van der Waals surface area contributed by atoms with Crippen LogP contribution in [0.15, 0.2) is 42.7 Å². The molecule has 0 saturated heterocycles. The Hall–Kier alpha value is -2.44. The molecule has 0 unspecified atom stereocenters. The van der Waals surface area contributed by atoms with Gasteiger partial charge in [0.25, 0.3) is 0 Å². The van der Waals surface area contributed by atoms with Gasteiger partial charge in [0.15, 0.2) is 0 Å². The summed E-state index contributed by atoms with van der Waals surface area (Å²) in [6.45, 7) is 0. The molecule has 0 aliphatic rings. The number of rotatable bonds is 3. The zero-order valence-corrected chi connectivity index (χ0v) is 11.0. The molecule has 7 heteroatoms. The lowest BCUT2D eigenvalue weighted by atomic mass is 10.2. The van der Waals surface area contributed by atoms with Crippen LogP contribution in [-0.2, 0) is 0 Å². The third kappa shape index (κ3) is 2.47. The minimum atomic E-state index is 0.215. The molecule has 1 aromatic carbocycles. The minimum Gasteiger partial charge on any atom is -0.436 e. The fraction of sp³-hybridized carbons (Fsp3) is 0. The molecule has 0 aliphatic carbocycles. The van der Waals surface area contributed by atoms with E-state index in [4.69, 9.17) is 22.2 Å². The lowest BCUT2D eigenvalue weighted by Gasteiger charge is -2.08. The van der Waals surface area contributed by atoms with Crippen LogP contribution in [0.4, 0.5) is 5.95 Å². The molecule has 0 atom stereocenters. The lowest BCUT2D eigenvalue weighted by Crippen LogP contribution is -2.10. The molecule has 3 rings (SSSR count). The summed E-state index contributed by atoms with van der Waals surface area (Å²) in [7, 11) is 0. The van der Waals surface area contributed by atoms with Crippen molar-refractivity contribution in [1.29, 1.82) is 0 Å². The second-order valence-corrected chi connectivity index (χ2v) is 4.36. The number of fused-ring (bicyclic) bond motifs is 1. The number of nitrogens with one attached hydrogen (secondary N) is 1. The fourth-order valence-electron chi connectivity index (χ4n) is 1.71. The Balaban J connectivity index is 1.96. The van der Waals surface area contributed by atoms with Crippen molar-refractivity contribution in [2.24, 2.45) is 5.84 Å². The summed E-state index contributed by atoms with van der Waals surface area (Å²) in [5.74, 6) is 6.22. The molecule has 0 saturated carbocycles. The summed E-state index contributed by atoms with van der Waals surface area (Å²) in [6, 6.07) is 9.59. The van der Waals surface area contributed by atoms with Crippen molar-refractivity contribution in [2.45, 2.75) is 0 Å². The second-order valence-electron chi connectivity index (χ2n) is 3.96. The summed E-state index contributed by atoms with van der Waals surface area (Å²) in [5, 5.41) is 1.25. The van der Waals surface area contributed by atoms with Crippen molar-refractivity contribution in [2.75, 3.05) is 5.43 Å². The first-order chi connectivity index (χ1) is 9.76. The van der Waals surface area contributed by atoms with Gasteiger partial charge in [-0.2, -0.15) is 4.98 Å². The van der Waals surface area contributed by atoms with Gasteiger partial charge in [0, 0.05) is 5.39 Å². The maximum Gasteiger partial charge on any atom is 0.243 e. The molecular formula is C13H10ClN5O. The Morgan fingerprint density at radius 3 is 2.85 bits per heavy atom. The molecule has 0 spiro atoms. The Morgan fingerprint density at radius 2 is 2.00 bits per heavy atom. The highest BCUT2D eigenvalue weighted by atomic mass is 35.5. The molecule has 100 valence electrons. The first-order valence-corrected chi connectivity index (χ1v) is 6.16. The van der Waals surface area contributed by atoms with Crippen molar-refractivity contribution >= 4 is 28.5 Å². The predicted octanol–water partition coefficient (Wildman–Crippen LogP) is 2.76. The SMILES string of the molecule is NNc1ncc(Cl)c(Oc2cnc3ccccc3c2)n1. The summed E-state index contributed by atoms with van der Waals surface area (Å²) < 4.78 is 5.62. The normalized spacial score (nSPS) is 10.5. The van der Waals surface area contributed by atoms with Crippen molar-refractivity contribution in [3.8, 4) is 11.6 Å². The second kappa shape index (κ2) is 5.28. The summed E-state index contributed by atoms with van der Waals surface area (Å²) in [5.41, 5.74) is 3.22. The number of hydrogen-bond donors (Lipinski definition) is 2. The monoisotopic (exact) mass is 287 g/mol. The third-order valence-corrected chi connectivity index (χ3v) is 2.88. The molecule has 2 aromatic heterocycles. The van der Waals surface area contributed by atoms with E-state index in [1.165, 1.54) is 6.20 Å². The number of nitrogens with zero attached hydrogens (tertiary/aromatic N) is 3. The molecule has 0 bridgehead atoms. The van der Waals surface area contributed by atoms with Gasteiger partial charge in [0.05, 0.1) is 17.9 Å². The Kier molecular flexibility index (Phi) is 3.32. The van der Waals surface area contributed by atoms with Crippen molar-refractivity contribution in [3.05, 3.63) is 47.7 Å². The Bertz CT molecular complexity index is 765. The minimum absolute atomic E-state index is 0.215. The highest BCUT2D eigenvalue weighted by molar-refractivity contribution is 6.31. The zero-order valence-electron chi connectivity index (χ0n) is 10.2. The molecule has 0 amide bonds. The highest BCUT2D eigenvalue weighted by Gasteiger charge is 2.08. The van der Waals surface area contributed by atoms with Crippen molar-refractivity contribution in [1.82, 2.24) is 15.0 Å². The average molecular weight is 288 g/mol. The van der Waals surface area contributed by atoms with E-state index in [9.17, 15) is 0 Å². The molecule has 6 nitrogen and oxygen atoms in total. The first-order valence-electron chi connectivity index (χ1n) is 5.78. The first kappa shape index (κ1) is 12.6. The van der Waals surface area contributed by atoms with Gasteiger partial charge in [-0.15, -0.1) is 0 Å². The maximum atomic E-state index is 5.98. The van der Waals surface area contributed by atoms with E-state index >= 15 is 0 Å². The van der Waals surface area contributed by atoms with E-state index in [2.05, 4.69) is 20.4 Å². The number of aromatic nitrogens is 3. The topological polar surface area (TPSA) is 86.0 Å². The van der Waals surface area contributed by atoms with E-state index in [0.717, 1.165) is 10.9 Å². The number of anilines is 1. The number of nitrogens with two attached hydrogens (primary N) is 1. The third-order valence-electron chi connectivity index (χ3n) is 2.62. The molecule has 0 aliphatic heterocycles. The van der Waals surface area contributed by atoms with E-state index in [1.807, 2.05) is 30.3 Å². The smallest absolute Gasteiger partial charge is 0.243 e. The largest absolute Gasteiger partial charge is 0.436 e. The standard InChI is InChI=1S/C13H10ClN5O/c14-10-7-17-13(19-15)18-12(10)20-9-5-8-3-1-2-4-11(8)16-6-9/h1-7H,15H2,(H,17,18,19). The zero-order chi connectivity index (χ0) is 13.9. The van der Waals surface area contributed by atoms with Gasteiger partial charge in [-0.25, -0.2) is 10.8 Å². The number of hydrazine groups is 1. The van der Waals surface area contributed by atoms with Crippen LogP contribution >= 0.6 is 11.6 Å². The molecule has 3 aromatic rings. The maximum absolute atomic E-state index is 5.98. The van der Waals surface area contributed by atoms with Gasteiger partial charge in [-0.1, -0.05) is 29.8 Å². The molecule has 20 heavy (non-hydrogen) atoms. The fourth-order valence-corrected chi connectivity index (χ4v) is 1.84. The number of ether oxygens (including phenoxy) is 1. The Labute approximate surface area is 119 Å². The number of benzene rings is 1. The van der Waals surface area contributed by atoms with Gasteiger partial charge in [0.1, 0.15) is 10.8 Å². The van der Waals surface area contributed by atoms with Gasteiger partial charge in [-0.3, -0.25) is 10.4 Å². The number of para-hydroxylation sites is 1. The van der Waals surface area contributed by atoms with E-state index < -0.39 is 0 Å². The van der Waals surface area contributed by atoms with E-state index in [1.54, 1.807) is 6.20 Å². The van der Waals surface area contributed by atoms with E-state index in [-0.39, 0.29) is 16.9 Å². The average Bonchev–Trinajstić information content (AvgIpc) is 2.49. The van der Waals surface area contributed by atoms with Gasteiger partial charge >= 0.3 is 0 Å². The number of halogens is 1. The van der Waals surface area contributed by atoms with Crippen LogP contribution < -0.4 is 16.0 Å².